The van der Waals surface area contributed by atoms with Gasteiger partial charge in [-0.25, -0.2) is 8.78 Å². The number of amides is 1. The van der Waals surface area contributed by atoms with E-state index in [2.05, 4.69) is 29.5 Å². The van der Waals surface area contributed by atoms with Crippen molar-refractivity contribution in [2.75, 3.05) is 44.7 Å². The van der Waals surface area contributed by atoms with Crippen LogP contribution in [-0.2, 0) is 29.5 Å². The van der Waals surface area contributed by atoms with Crippen LogP contribution in [0.2, 0.25) is 0 Å². The maximum absolute atomic E-state index is 14.7. The molecule has 1 aromatic heterocycles. The summed E-state index contributed by atoms with van der Waals surface area (Å²) in [7, 11) is 2.10. The molecule has 3 unspecified atom stereocenters. The minimum Gasteiger partial charge on any atom is -0.462 e. The molecular weight excluding hydrogens is 526 g/mol. The number of rotatable bonds is 6. The third kappa shape index (κ3) is 5.05. The number of hydrogen-bond acceptors (Lipinski definition) is 7. The van der Waals surface area contributed by atoms with Crippen LogP contribution in [0.5, 0.6) is 6.01 Å². The topological polar surface area (TPSA) is 85.6 Å². The van der Waals surface area contributed by atoms with Crippen molar-refractivity contribution in [3.63, 3.8) is 0 Å². The molecule has 0 radical (unpaired) electrons. The molecule has 2 aromatic rings. The predicted octanol–water partition coefficient (Wildman–Crippen LogP) is 3.72. The minimum absolute atomic E-state index is 0.180. The van der Waals surface area contributed by atoms with Crippen LogP contribution in [0.25, 0.3) is 0 Å². The Kier molecular flexibility index (Phi) is 7.41. The van der Waals surface area contributed by atoms with Gasteiger partial charge in [0.05, 0.1) is 24.2 Å². The van der Waals surface area contributed by atoms with E-state index in [1.54, 1.807) is 4.90 Å². The Labute approximate surface area is 239 Å². The van der Waals surface area contributed by atoms with E-state index in [1.165, 1.54) is 12.1 Å². The van der Waals surface area contributed by atoms with Crippen LogP contribution in [0.1, 0.15) is 54.5 Å². The summed E-state index contributed by atoms with van der Waals surface area (Å²) < 4.78 is 35.3. The summed E-state index contributed by atoms with van der Waals surface area (Å²) in [6.07, 6.45) is 6.99. The van der Waals surface area contributed by atoms with Gasteiger partial charge in [0.1, 0.15) is 24.1 Å². The van der Waals surface area contributed by atoms with Crippen molar-refractivity contribution in [3.8, 4) is 12.1 Å². The molecule has 216 valence electrons. The lowest BCUT2D eigenvalue weighted by atomic mass is 9.69. The fraction of sp³-hybridized carbons (Fsp3) is 0.548. The first-order valence-corrected chi connectivity index (χ1v) is 14.6. The molecule has 2 aliphatic heterocycles. The van der Waals surface area contributed by atoms with E-state index in [-0.39, 0.29) is 23.8 Å². The second-order valence-electron chi connectivity index (χ2n) is 11.9. The fourth-order valence-electron chi connectivity index (χ4n) is 7.37. The van der Waals surface area contributed by atoms with Crippen molar-refractivity contribution < 1.29 is 18.3 Å². The average molecular weight is 563 g/mol. The highest BCUT2D eigenvalue weighted by molar-refractivity contribution is 5.87. The average Bonchev–Trinajstić information content (AvgIpc) is 3.54. The van der Waals surface area contributed by atoms with E-state index in [4.69, 9.17) is 14.7 Å². The van der Waals surface area contributed by atoms with E-state index < -0.39 is 11.6 Å². The van der Waals surface area contributed by atoms with Gasteiger partial charge in [-0.1, -0.05) is 6.58 Å². The number of carbonyl (C=O) groups excluding carboxylic acids is 1. The number of likely N-dealkylation sites (N-methyl/N-ethyl adjacent to an activating group) is 1. The summed E-state index contributed by atoms with van der Waals surface area (Å²) in [5.74, 6) is -0.416. The van der Waals surface area contributed by atoms with Crippen molar-refractivity contribution in [2.45, 2.75) is 68.9 Å². The number of halogens is 2. The zero-order valence-corrected chi connectivity index (χ0v) is 23.5. The monoisotopic (exact) mass is 562 g/mol. The Balaban J connectivity index is 1.35. The van der Waals surface area contributed by atoms with E-state index in [1.807, 2.05) is 0 Å². The number of nitrogens with zero attached hydrogens (tertiary/aromatic N) is 6. The van der Waals surface area contributed by atoms with E-state index in [0.717, 1.165) is 60.9 Å². The smallest absolute Gasteiger partial charge is 0.318 e. The van der Waals surface area contributed by atoms with Gasteiger partial charge in [-0.3, -0.25) is 4.79 Å². The highest BCUT2D eigenvalue weighted by Crippen LogP contribution is 2.49. The van der Waals surface area contributed by atoms with E-state index in [9.17, 15) is 18.8 Å². The normalized spacial score (nSPS) is 25.6. The van der Waals surface area contributed by atoms with Crippen molar-refractivity contribution in [1.82, 2.24) is 19.8 Å². The second kappa shape index (κ2) is 11.0. The second-order valence-corrected chi connectivity index (χ2v) is 11.9. The summed E-state index contributed by atoms with van der Waals surface area (Å²) in [6.45, 7) is 6.61. The molecule has 2 saturated heterocycles. The Bertz CT molecular complexity index is 1410. The van der Waals surface area contributed by atoms with E-state index >= 15 is 0 Å². The lowest BCUT2D eigenvalue weighted by Gasteiger charge is -2.42. The third-order valence-corrected chi connectivity index (χ3v) is 9.64. The highest BCUT2D eigenvalue weighted by Gasteiger charge is 2.45. The van der Waals surface area contributed by atoms with Gasteiger partial charge in [0.25, 0.3) is 0 Å². The van der Waals surface area contributed by atoms with Gasteiger partial charge in [0.2, 0.25) is 5.91 Å². The van der Waals surface area contributed by atoms with Gasteiger partial charge in [-0.2, -0.15) is 15.2 Å². The van der Waals surface area contributed by atoms with Crippen molar-refractivity contribution in [1.29, 1.82) is 5.26 Å². The zero-order chi connectivity index (χ0) is 28.7. The molecule has 4 aliphatic rings. The summed E-state index contributed by atoms with van der Waals surface area (Å²) in [6, 6.07) is 5.03. The molecule has 1 amide bonds. The molecule has 0 N–H and O–H groups in total. The van der Waals surface area contributed by atoms with Gasteiger partial charge in [0, 0.05) is 42.7 Å². The van der Waals surface area contributed by atoms with Gasteiger partial charge in [-0.05, 0) is 81.8 Å². The Morgan fingerprint density at radius 2 is 2.00 bits per heavy atom. The summed E-state index contributed by atoms with van der Waals surface area (Å²) in [5.41, 5.74) is 2.88. The molecule has 0 saturated carbocycles. The van der Waals surface area contributed by atoms with Crippen molar-refractivity contribution in [2.24, 2.45) is 0 Å². The summed E-state index contributed by atoms with van der Waals surface area (Å²) in [5, 5.41) is 9.48. The molecule has 3 heterocycles. The largest absolute Gasteiger partial charge is 0.462 e. The van der Waals surface area contributed by atoms with Crippen LogP contribution in [0.15, 0.2) is 24.8 Å². The Morgan fingerprint density at radius 3 is 2.73 bits per heavy atom. The summed E-state index contributed by atoms with van der Waals surface area (Å²) in [4.78, 5) is 28.5. The molecule has 2 aliphatic carbocycles. The quantitative estimate of drug-likeness (QED) is 0.496. The van der Waals surface area contributed by atoms with Crippen molar-refractivity contribution >= 4 is 11.7 Å². The van der Waals surface area contributed by atoms with E-state index in [0.29, 0.717) is 63.1 Å². The van der Waals surface area contributed by atoms with Crippen LogP contribution < -0.4 is 9.64 Å². The van der Waals surface area contributed by atoms with Crippen LogP contribution in [0, 0.1) is 23.0 Å². The number of aromatic nitrogens is 2. The van der Waals surface area contributed by atoms with Gasteiger partial charge >= 0.3 is 6.01 Å². The third-order valence-electron chi connectivity index (χ3n) is 9.64. The molecular formula is C31H36F2N6O2. The van der Waals surface area contributed by atoms with Crippen LogP contribution in [0.4, 0.5) is 14.6 Å². The highest BCUT2D eigenvalue weighted by atomic mass is 19.1. The van der Waals surface area contributed by atoms with Crippen molar-refractivity contribution in [3.05, 3.63) is 58.8 Å². The standard InChI is InChI=1S/C31H36F2N6O2/c1-3-28(40)39-14-13-38(18-21(39)8-11-34)29-24-7-10-31(9-6-23-25(31)15-20(32)16-26(23)33)17-27(24)35-30(36-29)41-19-22-5-4-12-37(22)2/h3,15-16,21-22H,1,4-10,12-14,17-19H2,2H3. The Morgan fingerprint density at radius 1 is 1.20 bits per heavy atom. The number of carbonyl (C=O) groups is 1. The zero-order valence-electron chi connectivity index (χ0n) is 23.5. The lowest BCUT2D eigenvalue weighted by molar-refractivity contribution is -0.128. The molecule has 41 heavy (non-hydrogen) atoms. The molecule has 2 fully saturated rings. The predicted molar refractivity (Wildman–Crippen MR) is 150 cm³/mol. The summed E-state index contributed by atoms with van der Waals surface area (Å²) >= 11 is 0. The molecule has 3 atom stereocenters. The Hall–Kier alpha value is -3.58. The first-order valence-electron chi connectivity index (χ1n) is 14.6. The molecule has 0 bridgehead atoms. The van der Waals surface area contributed by atoms with Gasteiger partial charge in [0.15, 0.2) is 0 Å². The number of hydrogen-bond donors (Lipinski definition) is 0. The van der Waals surface area contributed by atoms with Gasteiger partial charge in [-0.15, -0.1) is 0 Å². The fourth-order valence-corrected chi connectivity index (χ4v) is 7.37. The minimum atomic E-state index is -0.545. The van der Waals surface area contributed by atoms with Gasteiger partial charge < -0.3 is 19.4 Å². The number of likely N-dealkylation sites (tertiary alicyclic amines) is 1. The molecule has 1 spiro atoms. The molecule has 1 aromatic carbocycles. The number of piperazine rings is 1. The lowest BCUT2D eigenvalue weighted by Crippen LogP contribution is -2.55. The molecule has 6 rings (SSSR count). The maximum atomic E-state index is 14.7. The SMILES string of the molecule is C=CC(=O)N1CCN(c2nc(OCC3CCCN3C)nc3c2CCC2(CCc4c(F)cc(F)cc42)C3)CC1CC#N. The van der Waals surface area contributed by atoms with Crippen LogP contribution in [0.3, 0.4) is 0 Å². The number of fused-ring (bicyclic) bond motifs is 3. The first-order chi connectivity index (χ1) is 19.8. The maximum Gasteiger partial charge on any atom is 0.318 e. The molecule has 8 nitrogen and oxygen atoms in total. The van der Waals surface area contributed by atoms with Crippen LogP contribution in [-0.4, -0.2) is 77.6 Å². The number of ether oxygens (including phenoxy) is 1. The number of anilines is 1. The number of benzene rings is 1. The molecule has 10 heteroatoms. The first kappa shape index (κ1) is 27.6. The number of nitriles is 1. The van der Waals surface area contributed by atoms with Crippen LogP contribution >= 0.6 is 0 Å².